The first-order valence-electron chi connectivity index (χ1n) is 11.6. The molecule has 0 aliphatic heterocycles. The van der Waals surface area contributed by atoms with E-state index in [9.17, 15) is 18.3 Å². The minimum Gasteiger partial charge on any atom is -0.385 e. The van der Waals surface area contributed by atoms with Crippen LogP contribution in [-0.4, -0.2) is 19.6 Å². The van der Waals surface area contributed by atoms with Gasteiger partial charge in [-0.25, -0.2) is 17.9 Å². The molecule has 1 aromatic carbocycles. The molecule has 2 bridgehead atoms. The van der Waals surface area contributed by atoms with Crippen molar-refractivity contribution in [1.29, 1.82) is 0 Å². The summed E-state index contributed by atoms with van der Waals surface area (Å²) >= 11 is 1.20. The molecule has 0 saturated heterocycles. The van der Waals surface area contributed by atoms with Gasteiger partial charge in [0, 0.05) is 10.6 Å². The van der Waals surface area contributed by atoms with E-state index in [0.717, 1.165) is 85.0 Å². The van der Waals surface area contributed by atoms with E-state index in [1.54, 1.807) is 13.0 Å². The molecule has 6 rings (SSSR count). The van der Waals surface area contributed by atoms with Crippen LogP contribution in [0.25, 0.3) is 0 Å². The first kappa shape index (κ1) is 20.7. The Hall–Kier alpha value is -1.90. The highest BCUT2D eigenvalue weighted by atomic mass is 32.2. The SMILES string of the molecule is CC1(O)c2cc(S(=O)(=O)NC(=O)Nc3c4c(cc5c3CCC5)CCC4)sc2C2CCC1C2. The van der Waals surface area contributed by atoms with Crippen LogP contribution in [0, 0.1) is 5.92 Å². The van der Waals surface area contributed by atoms with Gasteiger partial charge in [-0.05, 0) is 110 Å². The lowest BCUT2D eigenvalue weighted by molar-refractivity contribution is -0.00895. The second-order valence-electron chi connectivity index (χ2n) is 9.99. The maximum absolute atomic E-state index is 13.1. The van der Waals surface area contributed by atoms with Gasteiger partial charge in [0.05, 0.1) is 5.60 Å². The van der Waals surface area contributed by atoms with E-state index in [1.165, 1.54) is 22.5 Å². The minimum absolute atomic E-state index is 0.106. The van der Waals surface area contributed by atoms with Gasteiger partial charge in [-0.2, -0.15) is 0 Å². The van der Waals surface area contributed by atoms with Gasteiger partial charge in [0.2, 0.25) is 0 Å². The van der Waals surface area contributed by atoms with Crippen molar-refractivity contribution in [2.75, 3.05) is 5.32 Å². The van der Waals surface area contributed by atoms with Gasteiger partial charge < -0.3 is 10.4 Å². The fourth-order valence-corrected chi connectivity index (χ4v) is 9.09. The summed E-state index contributed by atoms with van der Waals surface area (Å²) in [5.74, 6) is 0.483. The van der Waals surface area contributed by atoms with Crippen molar-refractivity contribution in [2.45, 2.75) is 80.4 Å². The van der Waals surface area contributed by atoms with Crippen LogP contribution in [0.4, 0.5) is 10.5 Å². The van der Waals surface area contributed by atoms with Crippen molar-refractivity contribution in [3.05, 3.63) is 44.8 Å². The Morgan fingerprint density at radius 2 is 1.78 bits per heavy atom. The molecule has 170 valence electrons. The predicted octanol–water partition coefficient (Wildman–Crippen LogP) is 4.34. The Morgan fingerprint density at radius 1 is 1.09 bits per heavy atom. The number of amides is 2. The van der Waals surface area contributed by atoms with Gasteiger partial charge in [-0.3, -0.25) is 0 Å². The van der Waals surface area contributed by atoms with Crippen LogP contribution in [0.1, 0.15) is 77.6 Å². The van der Waals surface area contributed by atoms with Crippen molar-refractivity contribution in [2.24, 2.45) is 5.92 Å². The van der Waals surface area contributed by atoms with Crippen LogP contribution in [-0.2, 0) is 41.3 Å². The molecule has 8 heteroatoms. The molecule has 0 spiro atoms. The first-order chi connectivity index (χ1) is 15.2. The molecule has 32 heavy (non-hydrogen) atoms. The molecule has 1 saturated carbocycles. The van der Waals surface area contributed by atoms with E-state index in [2.05, 4.69) is 16.1 Å². The number of thiophene rings is 1. The number of benzene rings is 1. The normalized spacial score (nSPS) is 27.7. The molecule has 2 amide bonds. The fraction of sp³-hybridized carbons (Fsp3) is 0.542. The predicted molar refractivity (Wildman–Crippen MR) is 124 cm³/mol. The van der Waals surface area contributed by atoms with Crippen molar-refractivity contribution in [1.82, 2.24) is 4.72 Å². The minimum atomic E-state index is -4.02. The maximum Gasteiger partial charge on any atom is 0.333 e. The molecule has 1 fully saturated rings. The van der Waals surface area contributed by atoms with Gasteiger partial charge in [0.15, 0.2) is 0 Å². The number of nitrogens with one attached hydrogen (secondary N) is 2. The van der Waals surface area contributed by atoms with E-state index in [4.69, 9.17) is 0 Å². The van der Waals surface area contributed by atoms with Crippen LogP contribution >= 0.6 is 11.3 Å². The summed E-state index contributed by atoms with van der Waals surface area (Å²) in [6.07, 6.45) is 8.84. The van der Waals surface area contributed by atoms with Crippen LogP contribution < -0.4 is 10.0 Å². The third-order valence-corrected chi connectivity index (χ3v) is 11.2. The molecule has 3 N–H and O–H groups in total. The monoisotopic (exact) mass is 472 g/mol. The standard InChI is InChI=1S/C24H28N2O4S2/c1-24(28)16-9-8-15(11-16)22-19(24)12-20(31-22)32(29,30)26-23(27)25-21-17-6-2-4-13(17)10-14-5-3-7-18(14)21/h10,12,15-16,28H,2-9,11H2,1H3,(H2,25,26,27). The number of carbonyl (C=O) groups excluding carboxylic acids is 1. The van der Waals surface area contributed by atoms with Gasteiger partial charge in [0.1, 0.15) is 4.21 Å². The van der Waals surface area contributed by atoms with E-state index >= 15 is 0 Å². The van der Waals surface area contributed by atoms with E-state index in [-0.39, 0.29) is 10.1 Å². The Bertz CT molecular complexity index is 1210. The maximum atomic E-state index is 13.1. The highest BCUT2D eigenvalue weighted by Crippen LogP contribution is 2.56. The summed E-state index contributed by atoms with van der Waals surface area (Å²) in [6, 6.07) is 3.15. The summed E-state index contributed by atoms with van der Waals surface area (Å²) in [5.41, 5.74) is 5.43. The lowest BCUT2D eigenvalue weighted by Gasteiger charge is -2.34. The summed E-state index contributed by atoms with van der Waals surface area (Å²) in [6.45, 7) is 1.79. The van der Waals surface area contributed by atoms with E-state index < -0.39 is 21.7 Å². The summed E-state index contributed by atoms with van der Waals surface area (Å²) < 4.78 is 28.5. The van der Waals surface area contributed by atoms with Crippen LogP contribution in [0.2, 0.25) is 0 Å². The Morgan fingerprint density at radius 3 is 2.47 bits per heavy atom. The van der Waals surface area contributed by atoms with Crippen LogP contribution in [0.3, 0.4) is 0 Å². The average molecular weight is 473 g/mol. The smallest absolute Gasteiger partial charge is 0.333 e. The van der Waals surface area contributed by atoms with Gasteiger partial charge in [-0.15, -0.1) is 11.3 Å². The number of anilines is 1. The Balaban J connectivity index is 1.28. The number of aryl methyl sites for hydroxylation is 2. The quantitative estimate of drug-likeness (QED) is 0.619. The lowest BCUT2D eigenvalue weighted by Crippen LogP contribution is -2.35. The summed E-state index contributed by atoms with van der Waals surface area (Å²) in [7, 11) is -4.02. The lowest BCUT2D eigenvalue weighted by atomic mass is 9.76. The highest BCUT2D eigenvalue weighted by molar-refractivity contribution is 7.92. The second-order valence-corrected chi connectivity index (χ2v) is 13.0. The molecule has 4 aliphatic carbocycles. The topological polar surface area (TPSA) is 95.5 Å². The molecule has 3 atom stereocenters. The molecule has 6 nitrogen and oxygen atoms in total. The number of carbonyl (C=O) groups is 1. The number of hydrogen-bond acceptors (Lipinski definition) is 5. The third kappa shape index (κ3) is 3.06. The van der Waals surface area contributed by atoms with Gasteiger partial charge >= 0.3 is 6.03 Å². The number of fused-ring (bicyclic) bond motifs is 6. The second kappa shape index (κ2) is 7.05. The molecule has 3 unspecified atom stereocenters. The highest BCUT2D eigenvalue weighted by Gasteiger charge is 2.48. The van der Waals surface area contributed by atoms with Crippen molar-refractivity contribution >= 4 is 33.1 Å². The molecule has 2 aromatic rings. The van der Waals surface area contributed by atoms with Crippen LogP contribution in [0.15, 0.2) is 16.3 Å². The number of aliphatic hydroxyl groups is 1. The van der Waals surface area contributed by atoms with Crippen LogP contribution in [0.5, 0.6) is 0 Å². The first-order valence-corrected chi connectivity index (χ1v) is 13.9. The zero-order valence-corrected chi connectivity index (χ0v) is 19.8. The van der Waals surface area contributed by atoms with E-state index in [0.29, 0.717) is 5.92 Å². The zero-order chi connectivity index (χ0) is 22.3. The number of hydrogen-bond donors (Lipinski definition) is 3. The summed E-state index contributed by atoms with van der Waals surface area (Å²) in [4.78, 5) is 13.8. The number of sulfonamides is 1. The fourth-order valence-electron chi connectivity index (χ4n) is 6.44. The third-order valence-electron chi connectivity index (χ3n) is 8.09. The molecular weight excluding hydrogens is 444 g/mol. The summed E-state index contributed by atoms with van der Waals surface area (Å²) in [5, 5.41) is 14.0. The molecule has 1 aromatic heterocycles. The molecule has 1 heterocycles. The van der Waals surface area contributed by atoms with E-state index in [1.807, 2.05) is 0 Å². The molecule has 4 aliphatic rings. The largest absolute Gasteiger partial charge is 0.385 e. The number of rotatable bonds is 3. The van der Waals surface area contributed by atoms with Crippen molar-refractivity contribution in [3.8, 4) is 0 Å². The van der Waals surface area contributed by atoms with Gasteiger partial charge in [0.25, 0.3) is 10.0 Å². The Labute approximate surface area is 192 Å². The molecular formula is C24H28N2O4S2. The van der Waals surface area contributed by atoms with Crippen molar-refractivity contribution in [3.63, 3.8) is 0 Å². The number of urea groups is 1. The van der Waals surface area contributed by atoms with Gasteiger partial charge in [-0.1, -0.05) is 6.07 Å². The average Bonchev–Trinajstić information content (AvgIpc) is 3.50. The zero-order valence-electron chi connectivity index (χ0n) is 18.2. The molecule has 0 radical (unpaired) electrons. The van der Waals surface area contributed by atoms with Crippen molar-refractivity contribution < 1.29 is 18.3 Å². The Kier molecular flexibility index (Phi) is 4.56.